The van der Waals surface area contributed by atoms with E-state index in [0.717, 1.165) is 12.8 Å². The quantitative estimate of drug-likeness (QED) is 0.909. The van der Waals surface area contributed by atoms with Gasteiger partial charge in [0.05, 0.1) is 10.0 Å². The molecule has 0 radical (unpaired) electrons. The van der Waals surface area contributed by atoms with Gasteiger partial charge >= 0.3 is 0 Å². The number of aromatic amines is 1. The lowest BCUT2D eigenvalue weighted by Gasteiger charge is -2.03. The predicted molar refractivity (Wildman–Crippen MR) is 74.8 cm³/mol. The highest BCUT2D eigenvalue weighted by atomic mass is 35.5. The highest BCUT2D eigenvalue weighted by Crippen LogP contribution is 2.25. The first-order chi connectivity index (χ1) is 9.10. The van der Waals surface area contributed by atoms with Gasteiger partial charge in [0, 0.05) is 12.1 Å². The van der Waals surface area contributed by atoms with E-state index in [1.54, 1.807) is 18.2 Å². The number of carbonyl (C=O) groups is 1. The van der Waals surface area contributed by atoms with Crippen LogP contribution in [0.2, 0.25) is 10.0 Å². The molecule has 1 amide bonds. The monoisotopic (exact) mass is 298 g/mol. The largest absolute Gasteiger partial charge is 0.319 e. The van der Waals surface area contributed by atoms with Crippen molar-refractivity contribution in [2.75, 3.05) is 5.32 Å². The van der Waals surface area contributed by atoms with E-state index in [2.05, 4.69) is 20.5 Å². The molecule has 0 saturated heterocycles. The maximum atomic E-state index is 11.9. The van der Waals surface area contributed by atoms with Crippen LogP contribution in [0, 0.1) is 0 Å². The third-order valence-corrected chi connectivity index (χ3v) is 3.14. The predicted octanol–water partition coefficient (Wildman–Crippen LogP) is 3.32. The standard InChI is InChI=1S/C12H12Cl2N4O/c1-2-3-10-16-11(18-17-10)12(19)15-7-4-5-8(13)9(14)6-7/h4-6H,2-3H2,1H3,(H,15,19)(H,16,17,18). The maximum absolute atomic E-state index is 11.9. The minimum absolute atomic E-state index is 0.106. The highest BCUT2D eigenvalue weighted by molar-refractivity contribution is 6.42. The van der Waals surface area contributed by atoms with Crippen LogP contribution in [0.3, 0.4) is 0 Å². The molecule has 5 nitrogen and oxygen atoms in total. The number of amides is 1. The Labute approximate surface area is 120 Å². The highest BCUT2D eigenvalue weighted by Gasteiger charge is 2.12. The molecule has 1 aromatic heterocycles. The summed E-state index contributed by atoms with van der Waals surface area (Å²) in [7, 11) is 0. The Bertz CT molecular complexity index is 597. The smallest absolute Gasteiger partial charge is 0.295 e. The Kier molecular flexibility index (Phi) is 4.39. The summed E-state index contributed by atoms with van der Waals surface area (Å²) in [6.45, 7) is 2.03. The number of benzene rings is 1. The second-order valence-corrected chi connectivity index (χ2v) is 4.75. The van der Waals surface area contributed by atoms with Crippen molar-refractivity contribution in [2.24, 2.45) is 0 Å². The second kappa shape index (κ2) is 6.04. The molecular weight excluding hydrogens is 287 g/mol. The molecule has 0 aliphatic heterocycles. The minimum atomic E-state index is -0.392. The number of hydrogen-bond donors (Lipinski definition) is 2. The topological polar surface area (TPSA) is 70.7 Å². The molecule has 0 saturated carbocycles. The summed E-state index contributed by atoms with van der Waals surface area (Å²) in [6.07, 6.45) is 1.69. The van der Waals surface area contributed by atoms with Gasteiger partial charge in [-0.25, -0.2) is 4.98 Å². The van der Waals surface area contributed by atoms with Crippen LogP contribution in [-0.2, 0) is 6.42 Å². The molecule has 0 aliphatic carbocycles. The molecule has 0 bridgehead atoms. The Morgan fingerprint density at radius 3 is 2.84 bits per heavy atom. The fourth-order valence-electron chi connectivity index (χ4n) is 1.51. The van der Waals surface area contributed by atoms with Crippen LogP contribution >= 0.6 is 23.2 Å². The van der Waals surface area contributed by atoms with Gasteiger partial charge in [-0.2, -0.15) is 0 Å². The summed E-state index contributed by atoms with van der Waals surface area (Å²) in [5.41, 5.74) is 0.543. The van der Waals surface area contributed by atoms with Crippen molar-refractivity contribution in [2.45, 2.75) is 19.8 Å². The molecule has 2 aromatic rings. The third kappa shape index (κ3) is 3.45. The summed E-state index contributed by atoms with van der Waals surface area (Å²) < 4.78 is 0. The van der Waals surface area contributed by atoms with Gasteiger partial charge in [-0.3, -0.25) is 9.89 Å². The van der Waals surface area contributed by atoms with Crippen molar-refractivity contribution in [3.8, 4) is 0 Å². The molecule has 1 aromatic carbocycles. The molecule has 0 unspecified atom stereocenters. The maximum Gasteiger partial charge on any atom is 0.295 e. The Morgan fingerprint density at radius 2 is 2.16 bits per heavy atom. The van der Waals surface area contributed by atoms with E-state index in [0.29, 0.717) is 21.6 Å². The number of carbonyl (C=O) groups excluding carboxylic acids is 1. The molecule has 1 heterocycles. The van der Waals surface area contributed by atoms with Crippen LogP contribution in [0.4, 0.5) is 5.69 Å². The van der Waals surface area contributed by atoms with Gasteiger partial charge in [0.1, 0.15) is 5.82 Å². The van der Waals surface area contributed by atoms with Crippen LogP contribution in [0.25, 0.3) is 0 Å². The number of hydrogen-bond acceptors (Lipinski definition) is 3. The molecule has 2 rings (SSSR count). The van der Waals surface area contributed by atoms with Gasteiger partial charge in [-0.05, 0) is 24.6 Å². The zero-order chi connectivity index (χ0) is 13.8. The van der Waals surface area contributed by atoms with Gasteiger partial charge in [0.2, 0.25) is 5.82 Å². The second-order valence-electron chi connectivity index (χ2n) is 3.94. The fraction of sp³-hybridized carbons (Fsp3) is 0.250. The number of anilines is 1. The van der Waals surface area contributed by atoms with Crippen LogP contribution in [-0.4, -0.2) is 21.1 Å². The number of aryl methyl sites for hydroxylation is 1. The Balaban J connectivity index is 2.09. The molecule has 19 heavy (non-hydrogen) atoms. The van der Waals surface area contributed by atoms with Crippen molar-refractivity contribution >= 4 is 34.8 Å². The van der Waals surface area contributed by atoms with E-state index in [9.17, 15) is 4.79 Å². The molecule has 100 valence electrons. The molecule has 7 heteroatoms. The van der Waals surface area contributed by atoms with Crippen LogP contribution in [0.1, 0.15) is 29.8 Å². The summed E-state index contributed by atoms with van der Waals surface area (Å²) in [5, 5.41) is 10.1. The van der Waals surface area contributed by atoms with E-state index in [4.69, 9.17) is 23.2 Å². The third-order valence-electron chi connectivity index (χ3n) is 2.40. The van der Waals surface area contributed by atoms with Crippen LogP contribution in [0.5, 0.6) is 0 Å². The number of nitrogens with one attached hydrogen (secondary N) is 2. The fourth-order valence-corrected chi connectivity index (χ4v) is 1.80. The van der Waals surface area contributed by atoms with E-state index >= 15 is 0 Å². The van der Waals surface area contributed by atoms with Crippen molar-refractivity contribution in [1.82, 2.24) is 15.2 Å². The Hall–Kier alpha value is -1.59. The number of nitrogens with zero attached hydrogens (tertiary/aromatic N) is 2. The zero-order valence-electron chi connectivity index (χ0n) is 10.2. The van der Waals surface area contributed by atoms with E-state index < -0.39 is 5.91 Å². The van der Waals surface area contributed by atoms with Crippen molar-refractivity contribution in [3.05, 3.63) is 39.9 Å². The summed E-state index contributed by atoms with van der Waals surface area (Å²) in [4.78, 5) is 16.0. The van der Waals surface area contributed by atoms with Gasteiger partial charge in [-0.1, -0.05) is 30.1 Å². The zero-order valence-corrected chi connectivity index (χ0v) is 11.7. The normalized spacial score (nSPS) is 10.5. The van der Waals surface area contributed by atoms with Crippen molar-refractivity contribution < 1.29 is 4.79 Å². The first-order valence-electron chi connectivity index (χ1n) is 5.78. The molecule has 0 atom stereocenters. The summed E-state index contributed by atoms with van der Waals surface area (Å²) in [5.74, 6) is 0.410. The summed E-state index contributed by atoms with van der Waals surface area (Å²) in [6, 6.07) is 4.84. The van der Waals surface area contributed by atoms with E-state index in [1.807, 2.05) is 6.92 Å². The Morgan fingerprint density at radius 1 is 1.37 bits per heavy atom. The number of H-pyrrole nitrogens is 1. The van der Waals surface area contributed by atoms with Crippen LogP contribution in [0.15, 0.2) is 18.2 Å². The van der Waals surface area contributed by atoms with Crippen molar-refractivity contribution in [1.29, 1.82) is 0 Å². The molecule has 2 N–H and O–H groups in total. The SMILES string of the molecule is CCCc1nc(C(=O)Nc2ccc(Cl)c(Cl)c2)n[nH]1. The van der Waals surface area contributed by atoms with E-state index in [1.165, 1.54) is 0 Å². The molecule has 0 spiro atoms. The first-order valence-corrected chi connectivity index (χ1v) is 6.53. The average Bonchev–Trinajstić information content (AvgIpc) is 2.83. The van der Waals surface area contributed by atoms with Gasteiger partial charge in [-0.15, -0.1) is 5.10 Å². The lowest BCUT2D eigenvalue weighted by Crippen LogP contribution is -2.13. The van der Waals surface area contributed by atoms with Gasteiger partial charge in [0.25, 0.3) is 5.91 Å². The van der Waals surface area contributed by atoms with Gasteiger partial charge in [0.15, 0.2) is 0 Å². The molecular formula is C12H12Cl2N4O. The number of halogens is 2. The lowest BCUT2D eigenvalue weighted by atomic mass is 10.3. The number of rotatable bonds is 4. The van der Waals surface area contributed by atoms with E-state index in [-0.39, 0.29) is 5.82 Å². The summed E-state index contributed by atoms with van der Waals surface area (Å²) >= 11 is 11.7. The van der Waals surface area contributed by atoms with Crippen LogP contribution < -0.4 is 5.32 Å². The number of aromatic nitrogens is 3. The average molecular weight is 299 g/mol. The van der Waals surface area contributed by atoms with Gasteiger partial charge < -0.3 is 5.32 Å². The lowest BCUT2D eigenvalue weighted by molar-refractivity contribution is 0.101. The molecule has 0 aliphatic rings. The minimum Gasteiger partial charge on any atom is -0.319 e. The molecule has 0 fully saturated rings. The first kappa shape index (κ1) is 13.8. The van der Waals surface area contributed by atoms with Crippen molar-refractivity contribution in [3.63, 3.8) is 0 Å².